The van der Waals surface area contributed by atoms with E-state index in [-0.39, 0.29) is 6.61 Å². The van der Waals surface area contributed by atoms with E-state index in [9.17, 15) is 9.59 Å². The van der Waals surface area contributed by atoms with Crippen LogP contribution in [0, 0.1) is 0 Å². The maximum absolute atomic E-state index is 10.5. The van der Waals surface area contributed by atoms with Gasteiger partial charge in [0.1, 0.15) is 0 Å². The van der Waals surface area contributed by atoms with Crippen molar-refractivity contribution in [2.24, 2.45) is 0 Å². The minimum Gasteiger partial charge on any atom is -0.502 e. The van der Waals surface area contributed by atoms with Crippen molar-refractivity contribution in [3.8, 4) is 0 Å². The molecule has 0 atom stereocenters. The molecule has 0 fully saturated rings. The second-order valence-electron chi connectivity index (χ2n) is 1.59. The predicted octanol–water partition coefficient (Wildman–Crippen LogP) is 0.0760. The van der Waals surface area contributed by atoms with Gasteiger partial charge in [0, 0.05) is 0 Å². The van der Waals surface area contributed by atoms with E-state index in [1.807, 2.05) is 0 Å². The number of aliphatic hydroxyl groups is 1. The Morgan fingerprint density at radius 1 is 1.45 bits per heavy atom. The highest BCUT2D eigenvalue weighted by atomic mass is 16.5. The molecule has 0 aliphatic heterocycles. The first-order valence-corrected chi connectivity index (χ1v) is 2.88. The first kappa shape index (κ1) is 9.48. The van der Waals surface area contributed by atoms with E-state index < -0.39 is 17.7 Å². The molecule has 0 aliphatic carbocycles. The molecule has 0 aromatic rings. The zero-order chi connectivity index (χ0) is 8.85. The lowest BCUT2D eigenvalue weighted by Gasteiger charge is -1.97. The topological polar surface area (TPSA) is 83.8 Å². The summed E-state index contributed by atoms with van der Waals surface area (Å²) in [5, 5.41) is 16.7. The molecule has 2 N–H and O–H groups in total. The second-order valence-corrected chi connectivity index (χ2v) is 1.59. The minimum absolute atomic E-state index is 0.0936. The molecule has 5 heteroatoms. The van der Waals surface area contributed by atoms with Crippen LogP contribution in [-0.2, 0) is 14.3 Å². The molecule has 0 bridgehead atoms. The lowest BCUT2D eigenvalue weighted by molar-refractivity contribution is -0.142. The lowest BCUT2D eigenvalue weighted by Crippen LogP contribution is -2.08. The number of aliphatic hydroxyl groups excluding tert-OH is 1. The Kier molecular flexibility index (Phi) is 3.72. The molecular formula is C6H8O5. The SMILES string of the molecule is CCOC(=O)/C(O)=C\C(=O)O. The van der Waals surface area contributed by atoms with Crippen LogP contribution in [0.3, 0.4) is 0 Å². The Hall–Kier alpha value is -1.52. The van der Waals surface area contributed by atoms with Crippen LogP contribution in [0.4, 0.5) is 0 Å². The zero-order valence-electron chi connectivity index (χ0n) is 5.90. The van der Waals surface area contributed by atoms with Crippen molar-refractivity contribution in [3.63, 3.8) is 0 Å². The number of carboxylic acids is 1. The van der Waals surface area contributed by atoms with Gasteiger partial charge in [-0.25, -0.2) is 9.59 Å². The van der Waals surface area contributed by atoms with Gasteiger partial charge >= 0.3 is 11.9 Å². The molecule has 5 nitrogen and oxygen atoms in total. The Morgan fingerprint density at radius 3 is 2.36 bits per heavy atom. The zero-order valence-corrected chi connectivity index (χ0v) is 5.90. The monoisotopic (exact) mass is 160 g/mol. The first-order valence-electron chi connectivity index (χ1n) is 2.88. The molecule has 0 unspecified atom stereocenters. The fraction of sp³-hybridized carbons (Fsp3) is 0.333. The van der Waals surface area contributed by atoms with Gasteiger partial charge < -0.3 is 14.9 Å². The van der Waals surface area contributed by atoms with Crippen LogP contribution < -0.4 is 0 Å². The van der Waals surface area contributed by atoms with E-state index in [0.29, 0.717) is 6.08 Å². The van der Waals surface area contributed by atoms with Gasteiger partial charge in [0.2, 0.25) is 5.76 Å². The van der Waals surface area contributed by atoms with Gasteiger partial charge in [-0.15, -0.1) is 0 Å². The normalized spacial score (nSPS) is 10.8. The molecule has 0 spiro atoms. The summed E-state index contributed by atoms with van der Waals surface area (Å²) < 4.78 is 4.28. The fourth-order valence-electron chi connectivity index (χ4n) is 0.381. The molecule has 0 amide bonds. The number of carboxylic acid groups (broad SMARTS) is 1. The van der Waals surface area contributed by atoms with E-state index in [1.54, 1.807) is 6.92 Å². The summed E-state index contributed by atoms with van der Waals surface area (Å²) in [6.07, 6.45) is 0.373. The Morgan fingerprint density at radius 2 is 2.00 bits per heavy atom. The van der Waals surface area contributed by atoms with Crippen molar-refractivity contribution in [1.82, 2.24) is 0 Å². The standard InChI is InChI=1S/C6H8O5/c1-2-11-6(10)4(7)3-5(8)9/h3,7H,2H2,1H3,(H,8,9)/b4-3+. The van der Waals surface area contributed by atoms with E-state index in [2.05, 4.69) is 4.74 Å². The third-order valence-electron chi connectivity index (χ3n) is 0.745. The van der Waals surface area contributed by atoms with Crippen LogP contribution in [0.15, 0.2) is 11.8 Å². The largest absolute Gasteiger partial charge is 0.502 e. The van der Waals surface area contributed by atoms with Crippen LogP contribution in [-0.4, -0.2) is 28.8 Å². The van der Waals surface area contributed by atoms with E-state index in [4.69, 9.17) is 10.2 Å². The van der Waals surface area contributed by atoms with Crippen LogP contribution in [0.2, 0.25) is 0 Å². The van der Waals surface area contributed by atoms with Crippen molar-refractivity contribution < 1.29 is 24.5 Å². The highest BCUT2D eigenvalue weighted by Crippen LogP contribution is 1.91. The van der Waals surface area contributed by atoms with Crippen LogP contribution >= 0.6 is 0 Å². The molecule has 0 rings (SSSR count). The van der Waals surface area contributed by atoms with Crippen molar-refractivity contribution >= 4 is 11.9 Å². The first-order chi connectivity index (χ1) is 5.07. The Balaban J connectivity index is 4.12. The Labute approximate surface area is 62.9 Å². The average Bonchev–Trinajstić information content (AvgIpc) is 1.86. The van der Waals surface area contributed by atoms with Gasteiger partial charge in [-0.05, 0) is 6.92 Å². The molecule has 62 valence electrons. The third kappa shape index (κ3) is 3.96. The van der Waals surface area contributed by atoms with E-state index in [1.165, 1.54) is 0 Å². The summed E-state index contributed by atoms with van der Waals surface area (Å²) in [5.74, 6) is -3.33. The van der Waals surface area contributed by atoms with E-state index in [0.717, 1.165) is 0 Å². The summed E-state index contributed by atoms with van der Waals surface area (Å²) >= 11 is 0. The number of aliphatic carboxylic acids is 1. The summed E-state index contributed by atoms with van der Waals surface area (Å²) in [6, 6.07) is 0. The molecule has 11 heavy (non-hydrogen) atoms. The van der Waals surface area contributed by atoms with Gasteiger partial charge in [-0.2, -0.15) is 0 Å². The quantitative estimate of drug-likeness (QED) is 0.347. The second kappa shape index (κ2) is 4.32. The highest BCUT2D eigenvalue weighted by molar-refractivity contribution is 5.93. The van der Waals surface area contributed by atoms with Gasteiger partial charge in [0.05, 0.1) is 12.7 Å². The molecule has 0 aliphatic rings. The minimum atomic E-state index is -1.39. The number of ether oxygens (including phenoxy) is 1. The highest BCUT2D eigenvalue weighted by Gasteiger charge is 2.08. The van der Waals surface area contributed by atoms with E-state index >= 15 is 0 Å². The van der Waals surface area contributed by atoms with Crippen molar-refractivity contribution in [2.75, 3.05) is 6.61 Å². The average molecular weight is 160 g/mol. The number of rotatable bonds is 3. The lowest BCUT2D eigenvalue weighted by atomic mass is 10.4. The molecule has 0 aromatic heterocycles. The van der Waals surface area contributed by atoms with Crippen LogP contribution in [0.1, 0.15) is 6.92 Å². The van der Waals surface area contributed by atoms with Crippen molar-refractivity contribution in [1.29, 1.82) is 0 Å². The molecule has 0 saturated heterocycles. The summed E-state index contributed by atoms with van der Waals surface area (Å²) in [6.45, 7) is 1.64. The number of carbonyl (C=O) groups excluding carboxylic acids is 1. The fourth-order valence-corrected chi connectivity index (χ4v) is 0.381. The maximum Gasteiger partial charge on any atom is 0.373 e. The van der Waals surface area contributed by atoms with Gasteiger partial charge in [0.25, 0.3) is 0 Å². The summed E-state index contributed by atoms with van der Waals surface area (Å²) in [7, 11) is 0. The summed E-state index contributed by atoms with van der Waals surface area (Å²) in [4.78, 5) is 20.3. The van der Waals surface area contributed by atoms with Crippen molar-refractivity contribution in [2.45, 2.75) is 6.92 Å². The van der Waals surface area contributed by atoms with Gasteiger partial charge in [-0.1, -0.05) is 0 Å². The van der Waals surface area contributed by atoms with Crippen molar-refractivity contribution in [3.05, 3.63) is 11.8 Å². The van der Waals surface area contributed by atoms with Crippen LogP contribution in [0.25, 0.3) is 0 Å². The number of esters is 1. The molecule has 0 saturated carbocycles. The smallest absolute Gasteiger partial charge is 0.373 e. The number of carbonyl (C=O) groups is 2. The molecule has 0 aromatic carbocycles. The molecule has 0 radical (unpaired) electrons. The summed E-state index contributed by atoms with van der Waals surface area (Å²) in [5.41, 5.74) is 0. The molecule has 0 heterocycles. The van der Waals surface area contributed by atoms with Gasteiger partial charge in [0.15, 0.2) is 0 Å². The molecular weight excluding hydrogens is 152 g/mol. The predicted molar refractivity (Wildman–Crippen MR) is 35.0 cm³/mol. The van der Waals surface area contributed by atoms with Gasteiger partial charge in [-0.3, -0.25) is 0 Å². The maximum atomic E-state index is 10.5. The Bertz CT molecular complexity index is 193. The number of hydrogen-bond acceptors (Lipinski definition) is 4. The third-order valence-corrected chi connectivity index (χ3v) is 0.745. The van der Waals surface area contributed by atoms with Crippen LogP contribution in [0.5, 0.6) is 0 Å². The number of hydrogen-bond donors (Lipinski definition) is 2.